The molecule has 0 atom stereocenters. The van der Waals surface area contributed by atoms with Crippen LogP contribution in [0.25, 0.3) is 10.9 Å². The summed E-state index contributed by atoms with van der Waals surface area (Å²) in [4.78, 5) is 4.15. The molecule has 0 fully saturated rings. The fraction of sp³-hybridized carbons (Fsp3) is 0.182. The van der Waals surface area contributed by atoms with E-state index < -0.39 is 0 Å². The first-order valence-electron chi connectivity index (χ1n) is 4.56. The Balaban J connectivity index is 2.81. The van der Waals surface area contributed by atoms with Crippen molar-refractivity contribution in [3.63, 3.8) is 0 Å². The minimum absolute atomic E-state index is 0.287. The first kappa shape index (κ1) is 10.7. The van der Waals surface area contributed by atoms with E-state index in [2.05, 4.69) is 4.98 Å². The summed E-state index contributed by atoms with van der Waals surface area (Å²) in [6.45, 7) is 1.97. The van der Waals surface area contributed by atoms with Gasteiger partial charge in [0.1, 0.15) is 11.0 Å². The average Bonchev–Trinajstić information content (AvgIpc) is 2.18. The number of aromatic nitrogens is 1. The lowest BCUT2D eigenvalue weighted by Crippen LogP contribution is -1.90. The minimum Gasteiger partial charge on any atom is -0.234 e. The van der Waals surface area contributed by atoms with Crippen molar-refractivity contribution in [3.05, 3.63) is 39.8 Å². The average molecular weight is 244 g/mol. The van der Waals surface area contributed by atoms with E-state index in [1.165, 1.54) is 12.1 Å². The van der Waals surface area contributed by atoms with Gasteiger partial charge in [-0.05, 0) is 30.2 Å². The summed E-state index contributed by atoms with van der Waals surface area (Å²) >= 11 is 11.8. The van der Waals surface area contributed by atoms with Crippen molar-refractivity contribution in [2.75, 3.05) is 0 Å². The van der Waals surface area contributed by atoms with Crippen molar-refractivity contribution in [1.29, 1.82) is 0 Å². The smallest absolute Gasteiger partial charge is 0.133 e. The minimum atomic E-state index is -0.362. The molecule has 2 rings (SSSR count). The molecule has 1 heterocycles. The summed E-state index contributed by atoms with van der Waals surface area (Å²) in [5, 5.41) is 1.40. The zero-order valence-corrected chi connectivity index (χ0v) is 9.53. The van der Waals surface area contributed by atoms with Crippen molar-refractivity contribution >= 4 is 34.1 Å². The maximum atomic E-state index is 13.1. The van der Waals surface area contributed by atoms with E-state index in [-0.39, 0.29) is 10.8 Å². The van der Waals surface area contributed by atoms with Crippen LogP contribution in [0.4, 0.5) is 4.39 Å². The van der Waals surface area contributed by atoms with Crippen LogP contribution in [0, 0.1) is 5.82 Å². The van der Waals surface area contributed by atoms with Gasteiger partial charge in [-0.2, -0.15) is 0 Å². The molecule has 0 spiro atoms. The van der Waals surface area contributed by atoms with Gasteiger partial charge in [-0.25, -0.2) is 9.37 Å². The maximum Gasteiger partial charge on any atom is 0.133 e. The molecule has 0 aliphatic heterocycles. The van der Waals surface area contributed by atoms with Crippen molar-refractivity contribution in [1.82, 2.24) is 4.98 Å². The Bertz CT molecular complexity index is 525. The second-order valence-corrected chi connectivity index (χ2v) is 4.02. The molecule has 4 heteroatoms. The molecule has 15 heavy (non-hydrogen) atoms. The normalized spacial score (nSPS) is 10.9. The maximum absolute atomic E-state index is 13.1. The summed E-state index contributed by atoms with van der Waals surface area (Å²) in [6.07, 6.45) is 0.760. The summed E-state index contributed by atoms with van der Waals surface area (Å²) in [5.41, 5.74) is 1.44. The zero-order chi connectivity index (χ0) is 11.0. The lowest BCUT2D eigenvalue weighted by molar-refractivity contribution is 0.629. The quantitative estimate of drug-likeness (QED) is 0.683. The largest absolute Gasteiger partial charge is 0.234 e. The highest BCUT2D eigenvalue weighted by Gasteiger charge is 2.07. The number of rotatable bonds is 1. The summed E-state index contributed by atoms with van der Waals surface area (Å²) in [7, 11) is 0. The van der Waals surface area contributed by atoms with Gasteiger partial charge in [-0.15, -0.1) is 0 Å². The van der Waals surface area contributed by atoms with Gasteiger partial charge in [0, 0.05) is 5.39 Å². The second-order valence-electron chi connectivity index (χ2n) is 3.25. The number of hydrogen-bond acceptors (Lipinski definition) is 1. The Morgan fingerprint density at radius 3 is 2.67 bits per heavy atom. The van der Waals surface area contributed by atoms with Crippen LogP contribution in [0.5, 0.6) is 0 Å². The highest BCUT2D eigenvalue weighted by atomic mass is 35.5. The molecule has 0 radical (unpaired) electrons. The van der Waals surface area contributed by atoms with E-state index in [0.717, 1.165) is 12.0 Å². The predicted molar refractivity (Wildman–Crippen MR) is 61.1 cm³/mol. The molecule has 0 amide bonds. The number of aryl methyl sites for hydroxylation is 1. The number of hydrogen-bond donors (Lipinski definition) is 0. The van der Waals surface area contributed by atoms with Gasteiger partial charge in [-0.1, -0.05) is 30.1 Å². The summed E-state index contributed by atoms with van der Waals surface area (Å²) < 4.78 is 13.1. The zero-order valence-electron chi connectivity index (χ0n) is 8.02. The lowest BCUT2D eigenvalue weighted by Gasteiger charge is -2.05. The molecule has 1 aromatic carbocycles. The third-order valence-corrected chi connectivity index (χ3v) is 2.86. The monoisotopic (exact) mass is 243 g/mol. The molecule has 0 saturated carbocycles. The van der Waals surface area contributed by atoms with Crippen LogP contribution >= 0.6 is 23.2 Å². The van der Waals surface area contributed by atoms with Gasteiger partial charge in [0.15, 0.2) is 0 Å². The summed E-state index contributed by atoms with van der Waals surface area (Å²) in [6, 6.07) is 4.46. The molecular weight excluding hydrogens is 236 g/mol. The van der Waals surface area contributed by atoms with Gasteiger partial charge in [0.2, 0.25) is 0 Å². The fourth-order valence-electron chi connectivity index (χ4n) is 1.48. The van der Waals surface area contributed by atoms with Gasteiger partial charge in [-0.3, -0.25) is 0 Å². The van der Waals surface area contributed by atoms with Gasteiger partial charge < -0.3 is 0 Å². The Morgan fingerprint density at radius 1 is 1.27 bits per heavy atom. The number of halogens is 3. The molecule has 0 bridgehead atoms. The molecule has 78 valence electrons. The van der Waals surface area contributed by atoms with Crippen LogP contribution < -0.4 is 0 Å². The van der Waals surface area contributed by atoms with Gasteiger partial charge in [0.05, 0.1) is 10.5 Å². The van der Waals surface area contributed by atoms with E-state index in [0.29, 0.717) is 16.1 Å². The van der Waals surface area contributed by atoms with Crippen LogP contribution in [0.2, 0.25) is 10.2 Å². The SMILES string of the molecule is CCc1cc2cc(F)cc(Cl)c2nc1Cl. The molecule has 0 aliphatic rings. The topological polar surface area (TPSA) is 12.9 Å². The third kappa shape index (κ3) is 1.92. The van der Waals surface area contributed by atoms with Crippen molar-refractivity contribution in [2.24, 2.45) is 0 Å². The van der Waals surface area contributed by atoms with E-state index in [1.54, 1.807) is 0 Å². The lowest BCUT2D eigenvalue weighted by atomic mass is 10.1. The standard InChI is InChI=1S/C11H8Cl2FN/c1-2-6-3-7-4-8(14)5-9(12)10(7)15-11(6)13/h3-5H,2H2,1H3. The van der Waals surface area contributed by atoms with Crippen LogP contribution in [0.15, 0.2) is 18.2 Å². The Kier molecular flexibility index (Phi) is 2.81. The number of benzene rings is 1. The number of pyridine rings is 1. The molecular formula is C11H8Cl2FN. The number of nitrogens with zero attached hydrogens (tertiary/aromatic N) is 1. The van der Waals surface area contributed by atoms with Crippen LogP contribution in [-0.2, 0) is 6.42 Å². The van der Waals surface area contributed by atoms with Gasteiger partial charge >= 0.3 is 0 Å². The van der Waals surface area contributed by atoms with E-state index in [4.69, 9.17) is 23.2 Å². The predicted octanol–water partition coefficient (Wildman–Crippen LogP) is 4.24. The summed E-state index contributed by atoms with van der Waals surface area (Å²) in [5.74, 6) is -0.362. The Hall–Kier alpha value is -0.860. The third-order valence-electron chi connectivity index (χ3n) is 2.24. The van der Waals surface area contributed by atoms with Crippen LogP contribution in [-0.4, -0.2) is 4.98 Å². The molecule has 0 saturated heterocycles. The van der Waals surface area contributed by atoms with Gasteiger partial charge in [0.25, 0.3) is 0 Å². The Morgan fingerprint density at radius 2 is 2.00 bits per heavy atom. The molecule has 0 aliphatic carbocycles. The highest BCUT2D eigenvalue weighted by Crippen LogP contribution is 2.27. The molecule has 1 nitrogen and oxygen atoms in total. The Labute approximate surface area is 96.8 Å². The van der Waals surface area contributed by atoms with E-state index in [1.807, 2.05) is 13.0 Å². The molecule has 1 aromatic heterocycles. The first-order chi connectivity index (χ1) is 7.11. The molecule has 0 unspecified atom stereocenters. The molecule has 0 N–H and O–H groups in total. The number of fused-ring (bicyclic) bond motifs is 1. The van der Waals surface area contributed by atoms with Crippen molar-refractivity contribution in [3.8, 4) is 0 Å². The second kappa shape index (κ2) is 3.95. The van der Waals surface area contributed by atoms with Crippen molar-refractivity contribution < 1.29 is 4.39 Å². The van der Waals surface area contributed by atoms with E-state index in [9.17, 15) is 4.39 Å². The van der Waals surface area contributed by atoms with E-state index >= 15 is 0 Å². The highest BCUT2D eigenvalue weighted by molar-refractivity contribution is 6.35. The van der Waals surface area contributed by atoms with Crippen molar-refractivity contribution in [2.45, 2.75) is 13.3 Å². The van der Waals surface area contributed by atoms with Crippen LogP contribution in [0.3, 0.4) is 0 Å². The first-order valence-corrected chi connectivity index (χ1v) is 5.31. The fourth-order valence-corrected chi connectivity index (χ4v) is 2.01. The molecule has 2 aromatic rings. The van der Waals surface area contributed by atoms with Crippen LogP contribution in [0.1, 0.15) is 12.5 Å².